The van der Waals surface area contributed by atoms with Crippen molar-refractivity contribution in [2.45, 2.75) is 56.9 Å². The van der Waals surface area contributed by atoms with Crippen molar-refractivity contribution in [3.63, 3.8) is 0 Å². The van der Waals surface area contributed by atoms with Crippen LogP contribution >= 0.6 is 11.8 Å². The Morgan fingerprint density at radius 3 is 2.30 bits per heavy atom. The summed E-state index contributed by atoms with van der Waals surface area (Å²) in [5.74, 6) is -1.73. The van der Waals surface area contributed by atoms with E-state index in [9.17, 15) is 24.0 Å². The van der Waals surface area contributed by atoms with Gasteiger partial charge in [-0.2, -0.15) is 4.57 Å². The number of nitrogens with one attached hydrogen (secondary N) is 1. The number of allylic oxidation sites excluding steroid dienone is 1. The number of amides is 4. The number of β-lactam (4-membered cyclic amide) rings is 1. The molecule has 0 bridgehead atoms. The molecule has 2 aromatic carbocycles. The highest BCUT2D eigenvalue weighted by Gasteiger charge is 2.55. The third-order valence-corrected chi connectivity index (χ3v) is 9.56. The fourth-order valence-corrected chi connectivity index (χ4v) is 7.38. The second-order valence-electron chi connectivity index (χ2n) is 13.1. The summed E-state index contributed by atoms with van der Waals surface area (Å²) < 4.78 is 13.2. The lowest BCUT2D eigenvalue weighted by Gasteiger charge is -2.49. The van der Waals surface area contributed by atoms with Crippen molar-refractivity contribution in [2.75, 3.05) is 17.2 Å². The van der Waals surface area contributed by atoms with Crippen molar-refractivity contribution in [1.29, 1.82) is 0 Å². The minimum Gasteiger partial charge on any atom is -0.448 e. The largest absolute Gasteiger partial charge is 0.448 e. The van der Waals surface area contributed by atoms with Crippen molar-refractivity contribution >= 4 is 47.2 Å². The molecule has 50 heavy (non-hydrogen) atoms. The van der Waals surface area contributed by atoms with Crippen molar-refractivity contribution in [3.8, 4) is 0 Å². The van der Waals surface area contributed by atoms with Gasteiger partial charge in [-0.25, -0.2) is 9.59 Å². The molecule has 0 saturated carbocycles. The Kier molecular flexibility index (Phi) is 9.78. The van der Waals surface area contributed by atoms with Crippen LogP contribution in [0.4, 0.5) is 10.5 Å². The molecule has 2 unspecified atom stereocenters. The van der Waals surface area contributed by atoms with Crippen LogP contribution in [0, 0.1) is 0 Å². The third kappa shape index (κ3) is 7.42. The monoisotopic (exact) mass is 696 g/mol. The maximum absolute atomic E-state index is 14.3. The summed E-state index contributed by atoms with van der Waals surface area (Å²) in [6.07, 6.45) is 3.91. The number of pyridine rings is 1. The predicted octanol–water partition coefficient (Wildman–Crippen LogP) is 3.52. The minimum absolute atomic E-state index is 0.0237. The molecule has 12 nitrogen and oxygen atoms in total. The number of rotatable bonds is 9. The van der Waals surface area contributed by atoms with Gasteiger partial charge in [0.25, 0.3) is 17.7 Å². The summed E-state index contributed by atoms with van der Waals surface area (Å²) in [5, 5.41) is 2.06. The summed E-state index contributed by atoms with van der Waals surface area (Å²) >= 11 is 1.37. The van der Waals surface area contributed by atoms with Crippen LogP contribution in [-0.4, -0.2) is 64.0 Å². The van der Waals surface area contributed by atoms with E-state index < -0.39 is 47.0 Å². The summed E-state index contributed by atoms with van der Waals surface area (Å²) in [7, 11) is 0. The standard InChI is InChI=1S/C37H37N5O7S/c1-37(2,3)49-36(47)39-29-33(45)42-30(35(46)48-31(23-11-6-4-7-12-23)24-13-8-5-9-14-24)26(22-50-34(29)42)19-25-16-18-41(32(25)44)27-15-10-17-40(20-27)21-28(38)43/h4-15,17,19-20,29,31,34H,16,18,21-22H2,1-3H3,(H2-,38,39,43,47)/p+1. The van der Waals surface area contributed by atoms with Crippen LogP contribution in [0.15, 0.2) is 108 Å². The summed E-state index contributed by atoms with van der Waals surface area (Å²) in [6, 6.07) is 21.2. The molecule has 3 aliphatic heterocycles. The molecule has 13 heteroatoms. The van der Waals surface area contributed by atoms with E-state index in [-0.39, 0.29) is 23.9 Å². The normalized spacial score (nSPS) is 19.7. The zero-order valence-electron chi connectivity index (χ0n) is 27.9. The van der Waals surface area contributed by atoms with Crippen LogP contribution in [0.2, 0.25) is 0 Å². The molecule has 0 radical (unpaired) electrons. The van der Waals surface area contributed by atoms with E-state index in [0.29, 0.717) is 29.8 Å². The van der Waals surface area contributed by atoms with Crippen molar-refractivity contribution in [1.82, 2.24) is 10.2 Å². The first-order chi connectivity index (χ1) is 23.9. The molecule has 6 rings (SSSR count). The van der Waals surface area contributed by atoms with Gasteiger partial charge in [0.05, 0.1) is 0 Å². The Bertz CT molecular complexity index is 1850. The van der Waals surface area contributed by atoms with Crippen molar-refractivity contribution in [2.24, 2.45) is 5.73 Å². The average molecular weight is 697 g/mol. The van der Waals surface area contributed by atoms with Gasteiger partial charge in [0.15, 0.2) is 18.5 Å². The van der Waals surface area contributed by atoms with E-state index >= 15 is 0 Å². The molecular formula is C37H38N5O7S+. The Labute approximate surface area is 293 Å². The minimum atomic E-state index is -0.917. The number of nitrogens with zero attached hydrogens (tertiary/aromatic N) is 3. The molecule has 2 fully saturated rings. The smallest absolute Gasteiger partial charge is 0.408 e. The zero-order valence-corrected chi connectivity index (χ0v) is 28.7. The Morgan fingerprint density at radius 2 is 1.68 bits per heavy atom. The Balaban J connectivity index is 1.34. The van der Waals surface area contributed by atoms with E-state index in [1.807, 2.05) is 60.7 Å². The summed E-state index contributed by atoms with van der Waals surface area (Å²) in [6.45, 7) is 5.53. The number of anilines is 1. The molecule has 2 atom stereocenters. The van der Waals surface area contributed by atoms with E-state index in [0.717, 1.165) is 11.1 Å². The van der Waals surface area contributed by atoms with Gasteiger partial charge >= 0.3 is 12.1 Å². The van der Waals surface area contributed by atoms with E-state index in [1.54, 1.807) is 60.8 Å². The molecule has 0 aliphatic carbocycles. The number of benzene rings is 2. The number of esters is 1. The number of nitrogens with two attached hydrogens (primary N) is 1. The van der Waals surface area contributed by atoms with Gasteiger partial charge in [-0.3, -0.25) is 19.3 Å². The number of aromatic nitrogens is 1. The number of alkyl carbamates (subject to hydrolysis) is 1. The van der Waals surface area contributed by atoms with Gasteiger partial charge in [0.2, 0.25) is 6.54 Å². The Hall–Kier alpha value is -5.43. The lowest BCUT2D eigenvalue weighted by Crippen LogP contribution is -2.70. The highest BCUT2D eigenvalue weighted by atomic mass is 32.2. The second kappa shape index (κ2) is 14.2. The number of hydrogen-bond acceptors (Lipinski definition) is 8. The van der Waals surface area contributed by atoms with Crippen LogP contribution in [0.1, 0.15) is 44.4 Å². The molecule has 258 valence electrons. The summed E-state index contributed by atoms with van der Waals surface area (Å²) in [5.41, 5.74) is 7.61. The molecule has 2 saturated heterocycles. The maximum atomic E-state index is 14.3. The lowest BCUT2D eigenvalue weighted by molar-refractivity contribution is -0.683. The molecule has 3 N–H and O–H groups in total. The lowest BCUT2D eigenvalue weighted by atomic mass is 10.00. The molecular weight excluding hydrogens is 659 g/mol. The first-order valence-corrected chi connectivity index (χ1v) is 17.2. The fraction of sp³-hybridized carbons (Fsp3) is 0.297. The number of primary amides is 1. The van der Waals surface area contributed by atoms with E-state index in [1.165, 1.54) is 16.7 Å². The zero-order chi connectivity index (χ0) is 35.6. The summed E-state index contributed by atoms with van der Waals surface area (Å²) in [4.78, 5) is 68.8. The van der Waals surface area contributed by atoms with Crippen molar-refractivity contribution in [3.05, 3.63) is 119 Å². The number of thioether (sulfide) groups is 1. The molecule has 3 aliphatic rings. The SMILES string of the molecule is CC(C)(C)OC(=O)NC1C(=O)N2C(C(=O)OC(c3ccccc3)c3ccccc3)=C(C=C3CCN(c4ccc[n+](CC(N)=O)c4)C3=O)CSC12. The number of fused-ring (bicyclic) bond motifs is 1. The quantitative estimate of drug-likeness (QED) is 0.149. The fourth-order valence-electron chi connectivity index (χ4n) is 6.08. The van der Waals surface area contributed by atoms with Gasteiger partial charge in [-0.15, -0.1) is 11.8 Å². The van der Waals surface area contributed by atoms with Crippen LogP contribution in [0.25, 0.3) is 0 Å². The van der Waals surface area contributed by atoms with Crippen LogP contribution in [0.5, 0.6) is 0 Å². The average Bonchev–Trinajstić information content (AvgIpc) is 3.44. The number of ether oxygens (including phenoxy) is 2. The van der Waals surface area contributed by atoms with Gasteiger partial charge in [0.1, 0.15) is 28.4 Å². The van der Waals surface area contributed by atoms with Gasteiger partial charge in [-0.1, -0.05) is 60.7 Å². The van der Waals surface area contributed by atoms with Gasteiger partial charge in [-0.05, 0) is 56.0 Å². The molecule has 4 amide bonds. The van der Waals surface area contributed by atoms with Crippen LogP contribution in [0.3, 0.4) is 0 Å². The molecule has 3 aromatic rings. The second-order valence-corrected chi connectivity index (χ2v) is 14.2. The van der Waals surface area contributed by atoms with Crippen LogP contribution < -0.4 is 20.5 Å². The predicted molar refractivity (Wildman–Crippen MR) is 185 cm³/mol. The first-order valence-electron chi connectivity index (χ1n) is 16.2. The van der Waals surface area contributed by atoms with E-state index in [4.69, 9.17) is 15.2 Å². The number of hydrogen-bond donors (Lipinski definition) is 2. The van der Waals surface area contributed by atoms with Crippen molar-refractivity contribution < 1.29 is 38.0 Å². The number of carbonyl (C=O) groups is 5. The highest BCUT2D eigenvalue weighted by molar-refractivity contribution is 8.00. The molecule has 0 spiro atoms. The molecule has 4 heterocycles. The third-order valence-electron chi connectivity index (χ3n) is 8.26. The number of carbonyl (C=O) groups excluding carboxylic acids is 5. The first kappa shape index (κ1) is 34.4. The van der Waals surface area contributed by atoms with Gasteiger partial charge in [0, 0.05) is 23.9 Å². The highest BCUT2D eigenvalue weighted by Crippen LogP contribution is 2.43. The molecule has 1 aromatic heterocycles. The van der Waals surface area contributed by atoms with Crippen LogP contribution in [-0.2, 0) is 35.2 Å². The van der Waals surface area contributed by atoms with Gasteiger partial charge < -0.3 is 25.4 Å². The topological polar surface area (TPSA) is 152 Å². The maximum Gasteiger partial charge on any atom is 0.408 e. The Morgan fingerprint density at radius 1 is 1.02 bits per heavy atom. The van der Waals surface area contributed by atoms with E-state index in [2.05, 4.69) is 5.32 Å².